The molecular formula is C20H21N3O9S. The second-order valence-corrected chi connectivity index (χ2v) is 10.7. The molecule has 176 valence electrons. The second-order valence-electron chi connectivity index (χ2n) is 8.22. The van der Waals surface area contributed by atoms with E-state index in [4.69, 9.17) is 4.74 Å². The number of aromatic hydroxyl groups is 2. The molecule has 1 aromatic rings. The number of hydrazone groups is 1. The molecule has 3 heterocycles. The Morgan fingerprint density at radius 3 is 2.67 bits per heavy atom. The van der Waals surface area contributed by atoms with E-state index < -0.39 is 61.6 Å². The summed E-state index contributed by atoms with van der Waals surface area (Å²) in [5.74, 6) is -4.22. The maximum Gasteiger partial charge on any atom is 0.328 e. The Morgan fingerprint density at radius 2 is 2.03 bits per heavy atom. The van der Waals surface area contributed by atoms with Crippen molar-refractivity contribution in [3.8, 4) is 11.5 Å². The van der Waals surface area contributed by atoms with Crippen molar-refractivity contribution in [3.05, 3.63) is 29.8 Å². The number of amides is 2. The number of sulfone groups is 1. The summed E-state index contributed by atoms with van der Waals surface area (Å²) in [7, 11) is -4.10. The van der Waals surface area contributed by atoms with E-state index in [1.54, 1.807) is 6.92 Å². The molecule has 0 unspecified atom stereocenters. The van der Waals surface area contributed by atoms with E-state index in [2.05, 4.69) is 10.5 Å². The van der Waals surface area contributed by atoms with Crippen LogP contribution < -0.4 is 5.43 Å². The predicted octanol–water partition coefficient (Wildman–Crippen LogP) is -0.226. The molecule has 2 amide bonds. The second kappa shape index (κ2) is 7.47. The molecule has 3 aliphatic heterocycles. The zero-order valence-corrected chi connectivity index (χ0v) is 18.3. The van der Waals surface area contributed by atoms with Crippen LogP contribution in [0.2, 0.25) is 0 Å². The Balaban J connectivity index is 1.54. The summed E-state index contributed by atoms with van der Waals surface area (Å²) in [5.41, 5.74) is 2.38. The summed E-state index contributed by atoms with van der Waals surface area (Å²) in [4.78, 5) is 37.0. The number of rotatable bonds is 5. The number of hydrogen-bond acceptors (Lipinski definition) is 9. The van der Waals surface area contributed by atoms with E-state index in [9.17, 15) is 38.1 Å². The molecule has 3 aliphatic rings. The SMILES string of the molecule is C[C@H]1OC(c2cccc(O)c2O)=C[C@@H]1C(=O)N/N=C/[C@@]1(C)[C@H](C(=O)O)N2C(=O)C[C@H]2S1(=O)=O. The maximum absolute atomic E-state index is 12.8. The molecule has 5 atom stereocenters. The third-order valence-electron chi connectivity index (χ3n) is 6.20. The van der Waals surface area contributed by atoms with Crippen LogP contribution in [0.25, 0.3) is 5.76 Å². The molecular weight excluding hydrogens is 458 g/mol. The summed E-state index contributed by atoms with van der Waals surface area (Å²) < 4.78 is 29.3. The fraction of sp³-hybridized carbons (Fsp3) is 0.400. The van der Waals surface area contributed by atoms with Crippen molar-refractivity contribution in [2.75, 3.05) is 0 Å². The number of carbonyl (C=O) groups is 3. The average Bonchev–Trinajstić information content (AvgIpc) is 3.17. The van der Waals surface area contributed by atoms with Gasteiger partial charge in [-0.3, -0.25) is 9.59 Å². The Labute approximate surface area is 188 Å². The molecule has 0 spiro atoms. The number of aliphatic carboxylic acids is 1. The number of carboxylic acid groups (broad SMARTS) is 1. The molecule has 4 rings (SSSR count). The summed E-state index contributed by atoms with van der Waals surface area (Å²) in [5, 5.41) is 31.7. The number of phenols is 2. The number of benzene rings is 1. The van der Waals surface area contributed by atoms with Gasteiger partial charge in [-0.2, -0.15) is 5.10 Å². The first-order valence-electron chi connectivity index (χ1n) is 9.91. The van der Waals surface area contributed by atoms with E-state index >= 15 is 0 Å². The van der Waals surface area contributed by atoms with Gasteiger partial charge in [0.1, 0.15) is 22.0 Å². The van der Waals surface area contributed by atoms with Gasteiger partial charge in [-0.05, 0) is 32.1 Å². The molecule has 1 aromatic carbocycles. The van der Waals surface area contributed by atoms with Crippen molar-refractivity contribution in [3.63, 3.8) is 0 Å². The molecule has 0 aromatic heterocycles. The minimum absolute atomic E-state index is 0.166. The quantitative estimate of drug-likeness (QED) is 0.192. The van der Waals surface area contributed by atoms with Crippen LogP contribution >= 0.6 is 0 Å². The van der Waals surface area contributed by atoms with Crippen LogP contribution in [0.1, 0.15) is 25.8 Å². The van der Waals surface area contributed by atoms with Crippen molar-refractivity contribution in [2.45, 2.75) is 42.5 Å². The highest BCUT2D eigenvalue weighted by atomic mass is 32.2. The first-order chi connectivity index (χ1) is 15.4. The number of carboxylic acids is 1. The highest BCUT2D eigenvalue weighted by Crippen LogP contribution is 2.45. The lowest BCUT2D eigenvalue weighted by molar-refractivity contribution is -0.156. The predicted molar refractivity (Wildman–Crippen MR) is 112 cm³/mol. The van der Waals surface area contributed by atoms with Crippen LogP contribution in [-0.2, 0) is 29.0 Å². The molecule has 33 heavy (non-hydrogen) atoms. The van der Waals surface area contributed by atoms with Crippen molar-refractivity contribution in [2.24, 2.45) is 11.0 Å². The Hall–Kier alpha value is -3.61. The number of ether oxygens (including phenoxy) is 1. The number of phenolic OH excluding ortho intramolecular Hbond substituents is 2. The molecule has 4 N–H and O–H groups in total. The minimum Gasteiger partial charge on any atom is -0.504 e. The molecule has 2 fully saturated rings. The average molecular weight is 479 g/mol. The monoisotopic (exact) mass is 479 g/mol. The Morgan fingerprint density at radius 1 is 1.33 bits per heavy atom. The van der Waals surface area contributed by atoms with Gasteiger partial charge in [0, 0.05) is 6.21 Å². The zero-order chi connectivity index (χ0) is 24.3. The maximum atomic E-state index is 12.8. The molecule has 12 nitrogen and oxygen atoms in total. The molecule has 13 heteroatoms. The molecule has 0 bridgehead atoms. The highest BCUT2D eigenvalue weighted by Gasteiger charge is 2.69. The lowest BCUT2D eigenvalue weighted by Gasteiger charge is -2.35. The van der Waals surface area contributed by atoms with E-state index in [0.717, 1.165) is 18.0 Å². The van der Waals surface area contributed by atoms with Crippen LogP contribution in [0, 0.1) is 5.92 Å². The fourth-order valence-corrected chi connectivity index (χ4v) is 6.50. The van der Waals surface area contributed by atoms with Crippen LogP contribution in [-0.4, -0.2) is 74.9 Å². The molecule has 0 aliphatic carbocycles. The number of fused-ring (bicyclic) bond motifs is 1. The van der Waals surface area contributed by atoms with E-state index in [1.165, 1.54) is 24.3 Å². The zero-order valence-electron chi connectivity index (χ0n) is 17.5. The first-order valence-corrected chi connectivity index (χ1v) is 11.5. The number of nitrogens with zero attached hydrogens (tertiary/aromatic N) is 2. The van der Waals surface area contributed by atoms with Gasteiger partial charge >= 0.3 is 5.97 Å². The summed E-state index contributed by atoms with van der Waals surface area (Å²) in [6.07, 6.45) is 1.28. The van der Waals surface area contributed by atoms with Gasteiger partial charge in [-0.15, -0.1) is 0 Å². The van der Waals surface area contributed by atoms with Crippen molar-refractivity contribution < 1.29 is 42.9 Å². The standard InChI is InChI=1S/C20H21N3O9S/c1-9-11(6-13(32-9)10-4-3-5-12(24)16(10)26)18(27)22-21-8-20(2)17(19(28)29)23-14(25)7-15(23)33(20,30)31/h3-6,8-9,11,15,17,24,26H,7H2,1-2H3,(H,22,27)(H,28,29)/b21-8+/t9-,11+,15-,17+,20+/m1/s1. The van der Waals surface area contributed by atoms with Gasteiger partial charge in [-0.25, -0.2) is 18.6 Å². The highest BCUT2D eigenvalue weighted by molar-refractivity contribution is 7.94. The lowest BCUT2D eigenvalue weighted by Crippen LogP contribution is -2.57. The topological polar surface area (TPSA) is 183 Å². The lowest BCUT2D eigenvalue weighted by atomic mass is 9.97. The third kappa shape index (κ3) is 3.22. The normalized spacial score (nSPS) is 32.1. The van der Waals surface area contributed by atoms with Crippen molar-refractivity contribution >= 4 is 39.6 Å². The number of para-hydroxylation sites is 1. The van der Waals surface area contributed by atoms with Crippen molar-refractivity contribution in [1.29, 1.82) is 0 Å². The number of β-lactam (4-membered cyclic amide) rings is 1. The number of hydrogen-bond donors (Lipinski definition) is 4. The van der Waals surface area contributed by atoms with E-state index in [0.29, 0.717) is 0 Å². The fourth-order valence-electron chi connectivity index (χ4n) is 4.29. The summed E-state index contributed by atoms with van der Waals surface area (Å²) in [6.45, 7) is 2.74. The van der Waals surface area contributed by atoms with Crippen LogP contribution in [0.3, 0.4) is 0 Å². The molecule has 0 radical (unpaired) electrons. The largest absolute Gasteiger partial charge is 0.504 e. The van der Waals surface area contributed by atoms with Gasteiger partial charge in [0.05, 0.1) is 17.9 Å². The molecule has 0 saturated carbocycles. The van der Waals surface area contributed by atoms with Crippen LogP contribution in [0.5, 0.6) is 11.5 Å². The van der Waals surface area contributed by atoms with Crippen LogP contribution in [0.4, 0.5) is 0 Å². The minimum atomic E-state index is -4.10. The van der Waals surface area contributed by atoms with Crippen molar-refractivity contribution in [1.82, 2.24) is 10.3 Å². The Kier molecular flexibility index (Phi) is 5.11. The Bertz CT molecular complexity index is 1230. The van der Waals surface area contributed by atoms with Gasteiger partial charge in [0.2, 0.25) is 5.91 Å². The van der Waals surface area contributed by atoms with Gasteiger partial charge in [0.15, 0.2) is 27.4 Å². The summed E-state index contributed by atoms with van der Waals surface area (Å²) in [6, 6.07) is 2.61. The number of nitrogens with one attached hydrogen (secondary N) is 1. The molecule has 2 saturated heterocycles. The van der Waals surface area contributed by atoms with Gasteiger partial charge in [0.25, 0.3) is 5.91 Å². The van der Waals surface area contributed by atoms with Gasteiger partial charge < -0.3 is 25.0 Å². The van der Waals surface area contributed by atoms with E-state index in [1.807, 2.05) is 0 Å². The van der Waals surface area contributed by atoms with E-state index in [-0.39, 0.29) is 23.5 Å². The van der Waals surface area contributed by atoms with Gasteiger partial charge in [-0.1, -0.05) is 6.07 Å². The first kappa shape index (κ1) is 22.6. The third-order valence-corrected chi connectivity index (χ3v) is 8.87. The van der Waals surface area contributed by atoms with Crippen LogP contribution in [0.15, 0.2) is 29.4 Å². The number of carbonyl (C=O) groups excluding carboxylic acids is 2. The summed E-state index contributed by atoms with van der Waals surface area (Å²) >= 11 is 0. The smallest absolute Gasteiger partial charge is 0.328 e.